The molecule has 1 aromatic rings. The lowest BCUT2D eigenvalue weighted by Gasteiger charge is -1.93. The number of nitrogens with zero attached hydrogens (tertiary/aromatic N) is 3. The van der Waals surface area contributed by atoms with Gasteiger partial charge in [0.2, 0.25) is 10.3 Å². The van der Waals surface area contributed by atoms with E-state index in [9.17, 15) is 13.2 Å². The van der Waals surface area contributed by atoms with E-state index < -0.39 is 16.2 Å². The van der Waals surface area contributed by atoms with Crippen molar-refractivity contribution in [2.24, 2.45) is 0 Å². The first-order valence-electron chi connectivity index (χ1n) is 3.09. The summed E-state index contributed by atoms with van der Waals surface area (Å²) in [5, 5.41) is 14.2. The second-order valence-corrected chi connectivity index (χ2v) is 3.06. The minimum absolute atomic E-state index is 0.0743. The predicted molar refractivity (Wildman–Crippen MR) is 42.4 cm³/mol. The van der Waals surface area contributed by atoms with Crippen molar-refractivity contribution in [1.82, 2.24) is 20.6 Å². The standard InChI is InChI=1S/C4H5N5O3S/c1-2(13(11)12)3(10)5-4-6-8-9-7-4/h1H3,(H2,5,6,7,8,9,10). The number of tetrazole rings is 1. The van der Waals surface area contributed by atoms with Crippen molar-refractivity contribution >= 4 is 27.0 Å². The summed E-state index contributed by atoms with van der Waals surface area (Å²) in [5.41, 5.74) is 0. The lowest BCUT2D eigenvalue weighted by molar-refractivity contribution is -0.110. The third kappa shape index (κ3) is 2.33. The third-order valence-corrected chi connectivity index (χ3v) is 1.83. The van der Waals surface area contributed by atoms with Gasteiger partial charge in [0.15, 0.2) is 0 Å². The van der Waals surface area contributed by atoms with E-state index in [0.29, 0.717) is 0 Å². The first-order valence-corrected chi connectivity index (χ1v) is 4.16. The summed E-state index contributed by atoms with van der Waals surface area (Å²) < 4.78 is 20.6. The van der Waals surface area contributed by atoms with Crippen LogP contribution in [0.15, 0.2) is 0 Å². The van der Waals surface area contributed by atoms with Crippen LogP contribution in [0.1, 0.15) is 6.92 Å². The lowest BCUT2D eigenvalue weighted by Crippen LogP contribution is -2.21. The summed E-state index contributed by atoms with van der Waals surface area (Å²) in [6, 6.07) is 0. The molecule has 1 amide bonds. The Morgan fingerprint density at radius 3 is 2.69 bits per heavy atom. The second-order valence-electron chi connectivity index (χ2n) is 1.98. The molecule has 0 bridgehead atoms. The van der Waals surface area contributed by atoms with Crippen LogP contribution in [-0.2, 0) is 15.1 Å². The predicted octanol–water partition coefficient (Wildman–Crippen LogP) is -1.79. The van der Waals surface area contributed by atoms with Gasteiger partial charge < -0.3 is 0 Å². The van der Waals surface area contributed by atoms with Crippen molar-refractivity contribution in [3.8, 4) is 0 Å². The molecule has 1 aromatic heterocycles. The SMILES string of the molecule is CC(C(=O)Nc1nn[nH]n1)=S(=O)=O. The van der Waals surface area contributed by atoms with Crippen molar-refractivity contribution in [2.45, 2.75) is 6.92 Å². The number of anilines is 1. The van der Waals surface area contributed by atoms with E-state index in [-0.39, 0.29) is 10.8 Å². The topological polar surface area (TPSA) is 118 Å². The Labute approximate surface area is 73.9 Å². The Bertz CT molecular complexity index is 424. The highest BCUT2D eigenvalue weighted by atomic mass is 32.2. The highest BCUT2D eigenvalue weighted by molar-refractivity contribution is 7.74. The molecular formula is C4H5N5O3S. The first kappa shape index (κ1) is 9.32. The van der Waals surface area contributed by atoms with Crippen molar-refractivity contribution in [2.75, 3.05) is 5.32 Å². The average molecular weight is 203 g/mol. The highest BCUT2D eigenvalue weighted by Gasteiger charge is 2.09. The minimum Gasteiger partial charge on any atom is -0.287 e. The number of carbonyl (C=O) groups excluding carboxylic acids is 1. The van der Waals surface area contributed by atoms with E-state index in [1.54, 1.807) is 0 Å². The van der Waals surface area contributed by atoms with E-state index in [1.807, 2.05) is 0 Å². The fraction of sp³-hybridized carbons (Fsp3) is 0.250. The van der Waals surface area contributed by atoms with Gasteiger partial charge in [0, 0.05) is 0 Å². The Kier molecular flexibility index (Phi) is 2.69. The fourth-order valence-electron chi connectivity index (χ4n) is 0.480. The van der Waals surface area contributed by atoms with E-state index in [2.05, 4.69) is 25.9 Å². The molecule has 0 unspecified atom stereocenters. The number of carbonyl (C=O) groups is 1. The maximum atomic E-state index is 11.0. The molecule has 0 aliphatic heterocycles. The molecule has 0 saturated heterocycles. The first-order chi connectivity index (χ1) is 6.11. The summed E-state index contributed by atoms with van der Waals surface area (Å²) in [7, 11) is -2.53. The molecular weight excluding hydrogens is 198 g/mol. The van der Waals surface area contributed by atoms with Crippen LogP contribution in [0.3, 0.4) is 0 Å². The number of aromatic amines is 1. The summed E-state index contributed by atoms with van der Waals surface area (Å²) >= 11 is 0. The molecule has 9 heteroatoms. The van der Waals surface area contributed by atoms with Crippen LogP contribution in [0, 0.1) is 0 Å². The van der Waals surface area contributed by atoms with Crippen LogP contribution in [-0.4, -0.2) is 39.8 Å². The van der Waals surface area contributed by atoms with Gasteiger partial charge in [-0.05, 0) is 12.1 Å². The molecule has 70 valence electrons. The zero-order chi connectivity index (χ0) is 9.84. The number of H-pyrrole nitrogens is 1. The molecule has 0 aliphatic carbocycles. The summed E-state index contributed by atoms with van der Waals surface area (Å²) in [6.45, 7) is 1.17. The molecule has 0 aromatic carbocycles. The van der Waals surface area contributed by atoms with E-state index in [0.717, 1.165) is 0 Å². The number of aromatic nitrogens is 4. The van der Waals surface area contributed by atoms with Gasteiger partial charge in [-0.1, -0.05) is 5.10 Å². The molecule has 0 spiro atoms. The van der Waals surface area contributed by atoms with Gasteiger partial charge in [0.1, 0.15) is 4.86 Å². The molecule has 2 N–H and O–H groups in total. The van der Waals surface area contributed by atoms with Crippen LogP contribution in [0.25, 0.3) is 0 Å². The smallest absolute Gasteiger partial charge is 0.270 e. The Morgan fingerprint density at radius 1 is 1.54 bits per heavy atom. The Morgan fingerprint density at radius 2 is 2.23 bits per heavy atom. The maximum absolute atomic E-state index is 11.0. The zero-order valence-corrected chi connectivity index (χ0v) is 7.29. The molecule has 0 saturated carbocycles. The van der Waals surface area contributed by atoms with E-state index in [4.69, 9.17) is 0 Å². The monoisotopic (exact) mass is 203 g/mol. The summed E-state index contributed by atoms with van der Waals surface area (Å²) in [6.07, 6.45) is 0. The van der Waals surface area contributed by atoms with Crippen molar-refractivity contribution in [1.29, 1.82) is 0 Å². The highest BCUT2D eigenvalue weighted by Crippen LogP contribution is 1.90. The third-order valence-electron chi connectivity index (χ3n) is 1.14. The minimum atomic E-state index is -2.53. The van der Waals surface area contributed by atoms with Crippen molar-refractivity contribution in [3.63, 3.8) is 0 Å². The normalized spacial score (nSPS) is 9.31. The van der Waals surface area contributed by atoms with Gasteiger partial charge in [-0.2, -0.15) is 13.6 Å². The molecule has 0 radical (unpaired) electrons. The molecule has 1 rings (SSSR count). The quantitative estimate of drug-likeness (QED) is 0.548. The number of nitrogens with one attached hydrogen (secondary N) is 2. The van der Waals surface area contributed by atoms with Crippen LogP contribution in [0.2, 0.25) is 0 Å². The number of hydrogen-bond acceptors (Lipinski definition) is 6. The van der Waals surface area contributed by atoms with Gasteiger partial charge in [0.25, 0.3) is 11.9 Å². The number of rotatable bonds is 2. The van der Waals surface area contributed by atoms with Crippen molar-refractivity contribution in [3.05, 3.63) is 0 Å². The fourth-order valence-corrected chi connectivity index (χ4v) is 0.682. The average Bonchev–Trinajstić information content (AvgIpc) is 2.55. The maximum Gasteiger partial charge on any atom is 0.270 e. The molecule has 13 heavy (non-hydrogen) atoms. The van der Waals surface area contributed by atoms with Gasteiger partial charge >= 0.3 is 0 Å². The Balaban J connectivity index is 2.79. The summed E-state index contributed by atoms with van der Waals surface area (Å²) in [5.74, 6) is -0.857. The van der Waals surface area contributed by atoms with Gasteiger partial charge in [-0.3, -0.25) is 10.1 Å². The van der Waals surface area contributed by atoms with Gasteiger partial charge in [-0.15, -0.1) is 5.10 Å². The van der Waals surface area contributed by atoms with Crippen LogP contribution >= 0.6 is 0 Å². The molecule has 0 fully saturated rings. The lowest BCUT2D eigenvalue weighted by atomic mass is 10.4. The second kappa shape index (κ2) is 3.76. The number of amides is 1. The van der Waals surface area contributed by atoms with E-state index >= 15 is 0 Å². The van der Waals surface area contributed by atoms with Crippen LogP contribution < -0.4 is 5.32 Å². The zero-order valence-electron chi connectivity index (χ0n) is 6.47. The van der Waals surface area contributed by atoms with Crippen LogP contribution in [0.4, 0.5) is 5.95 Å². The van der Waals surface area contributed by atoms with Gasteiger partial charge in [-0.25, -0.2) is 0 Å². The molecule has 0 aliphatic rings. The van der Waals surface area contributed by atoms with E-state index in [1.165, 1.54) is 6.92 Å². The summed E-state index contributed by atoms with van der Waals surface area (Å²) in [4.78, 5) is 10.6. The molecule has 1 heterocycles. The largest absolute Gasteiger partial charge is 0.287 e. The molecule has 8 nitrogen and oxygen atoms in total. The number of hydrogen-bond donors (Lipinski definition) is 2. The van der Waals surface area contributed by atoms with Gasteiger partial charge in [0.05, 0.1) is 0 Å². The van der Waals surface area contributed by atoms with Crippen LogP contribution in [0.5, 0.6) is 0 Å². The van der Waals surface area contributed by atoms with Crippen molar-refractivity contribution < 1.29 is 13.2 Å². The Hall–Kier alpha value is -1.77. The molecule has 0 atom stereocenters.